The van der Waals surface area contributed by atoms with Crippen molar-refractivity contribution in [2.45, 2.75) is 75.6 Å². The Bertz CT molecular complexity index is 1010. The second kappa shape index (κ2) is 8.45. The van der Waals surface area contributed by atoms with Gasteiger partial charge in [0.1, 0.15) is 0 Å². The van der Waals surface area contributed by atoms with Gasteiger partial charge in [-0.05, 0) is 69.2 Å². The SMILES string of the molecule is C[C@@H]1CCCC[C@@H]1NC(=O)C1CCN(S(=O)(=O)c2ccc3c(c2)C(C)(C)C(=O)N3C)CC1. The van der Waals surface area contributed by atoms with Crippen LogP contribution in [0.4, 0.5) is 5.69 Å². The topological polar surface area (TPSA) is 86.8 Å². The Hall–Kier alpha value is -1.93. The number of piperidine rings is 1. The van der Waals surface area contributed by atoms with E-state index in [9.17, 15) is 18.0 Å². The van der Waals surface area contributed by atoms with Gasteiger partial charge in [0.15, 0.2) is 0 Å². The first-order chi connectivity index (χ1) is 15.0. The molecule has 1 aromatic rings. The van der Waals surface area contributed by atoms with E-state index in [-0.39, 0.29) is 28.7 Å². The normalized spacial score (nSPS) is 26.8. The number of amides is 2. The van der Waals surface area contributed by atoms with E-state index in [1.54, 1.807) is 30.1 Å². The van der Waals surface area contributed by atoms with Gasteiger partial charge in [-0.2, -0.15) is 4.31 Å². The zero-order valence-electron chi connectivity index (χ0n) is 19.6. The maximum Gasteiger partial charge on any atom is 0.243 e. The molecular weight excluding hydrogens is 426 g/mol. The van der Waals surface area contributed by atoms with Crippen LogP contribution < -0.4 is 10.2 Å². The molecule has 2 heterocycles. The van der Waals surface area contributed by atoms with Gasteiger partial charge in [0.2, 0.25) is 21.8 Å². The average Bonchev–Trinajstić information content (AvgIpc) is 2.95. The highest BCUT2D eigenvalue weighted by Crippen LogP contribution is 2.42. The van der Waals surface area contributed by atoms with Gasteiger partial charge in [-0.1, -0.05) is 19.8 Å². The van der Waals surface area contributed by atoms with Crippen molar-refractivity contribution in [3.63, 3.8) is 0 Å². The third kappa shape index (κ3) is 3.96. The number of nitrogens with one attached hydrogen (secondary N) is 1. The quantitative estimate of drug-likeness (QED) is 0.747. The van der Waals surface area contributed by atoms with Gasteiger partial charge in [-0.15, -0.1) is 0 Å². The molecule has 2 fully saturated rings. The van der Waals surface area contributed by atoms with Crippen LogP contribution in [0.1, 0.15) is 64.9 Å². The second-order valence-corrected chi connectivity index (χ2v) is 12.2. The van der Waals surface area contributed by atoms with Crippen LogP contribution in [0.3, 0.4) is 0 Å². The predicted molar refractivity (Wildman–Crippen MR) is 124 cm³/mol. The number of anilines is 1. The summed E-state index contributed by atoms with van der Waals surface area (Å²) in [6.07, 6.45) is 5.64. The number of benzene rings is 1. The van der Waals surface area contributed by atoms with Crippen LogP contribution in [-0.2, 0) is 25.0 Å². The Kier molecular flexibility index (Phi) is 6.13. The molecule has 0 bridgehead atoms. The third-order valence-corrected chi connectivity index (χ3v) is 9.64. The summed E-state index contributed by atoms with van der Waals surface area (Å²) in [6.45, 7) is 6.51. The summed E-state index contributed by atoms with van der Waals surface area (Å²) < 4.78 is 28.1. The van der Waals surface area contributed by atoms with Crippen molar-refractivity contribution in [1.29, 1.82) is 0 Å². The first kappa shape index (κ1) is 23.2. The molecule has 8 heteroatoms. The van der Waals surface area contributed by atoms with E-state index in [1.165, 1.54) is 10.7 Å². The van der Waals surface area contributed by atoms with Gasteiger partial charge in [-0.25, -0.2) is 8.42 Å². The molecule has 3 aliphatic rings. The van der Waals surface area contributed by atoms with Crippen LogP contribution >= 0.6 is 0 Å². The number of nitrogens with zero attached hydrogens (tertiary/aromatic N) is 2. The summed E-state index contributed by atoms with van der Waals surface area (Å²) in [5.74, 6) is 0.395. The van der Waals surface area contributed by atoms with Crippen LogP contribution in [0.15, 0.2) is 23.1 Å². The molecule has 1 aliphatic carbocycles. The molecule has 176 valence electrons. The summed E-state index contributed by atoms with van der Waals surface area (Å²) in [5.41, 5.74) is 0.741. The molecule has 0 aromatic heterocycles. The number of hydrogen-bond donors (Lipinski definition) is 1. The highest BCUT2D eigenvalue weighted by Gasteiger charge is 2.43. The van der Waals surface area contributed by atoms with Crippen molar-refractivity contribution in [1.82, 2.24) is 9.62 Å². The van der Waals surface area contributed by atoms with Gasteiger partial charge in [-0.3, -0.25) is 9.59 Å². The average molecular weight is 462 g/mol. The molecule has 4 rings (SSSR count). The minimum Gasteiger partial charge on any atom is -0.353 e. The molecule has 0 radical (unpaired) electrons. The maximum atomic E-state index is 13.3. The summed E-state index contributed by atoms with van der Waals surface area (Å²) in [5, 5.41) is 3.23. The summed E-state index contributed by atoms with van der Waals surface area (Å²) in [7, 11) is -1.97. The monoisotopic (exact) mass is 461 g/mol. The summed E-state index contributed by atoms with van der Waals surface area (Å²) >= 11 is 0. The van der Waals surface area contributed by atoms with Crippen LogP contribution in [0.25, 0.3) is 0 Å². The van der Waals surface area contributed by atoms with Crippen molar-refractivity contribution < 1.29 is 18.0 Å². The first-order valence-electron chi connectivity index (χ1n) is 11.8. The fraction of sp³-hybridized carbons (Fsp3) is 0.667. The molecule has 2 atom stereocenters. The van der Waals surface area contributed by atoms with Crippen LogP contribution in [0.2, 0.25) is 0 Å². The standard InChI is InChI=1S/C24H35N3O4S/c1-16-7-5-6-8-20(16)25-22(28)17-11-13-27(14-12-17)32(30,31)18-9-10-21-19(15-18)24(2,3)23(29)26(21)4/h9-10,15-17,20H,5-8,11-14H2,1-4H3,(H,25,28)/t16-,20+/m1/s1. The maximum absolute atomic E-state index is 13.3. The van der Waals surface area contributed by atoms with Crippen molar-refractivity contribution in [3.05, 3.63) is 23.8 Å². The first-order valence-corrected chi connectivity index (χ1v) is 13.2. The largest absolute Gasteiger partial charge is 0.353 e. The van der Waals surface area contributed by atoms with E-state index < -0.39 is 15.4 Å². The summed E-state index contributed by atoms with van der Waals surface area (Å²) in [4.78, 5) is 27.1. The Morgan fingerprint density at radius 3 is 2.41 bits per heavy atom. The van der Waals surface area contributed by atoms with Crippen LogP contribution in [0, 0.1) is 11.8 Å². The van der Waals surface area contributed by atoms with Crippen molar-refractivity contribution in [2.75, 3.05) is 25.0 Å². The lowest BCUT2D eigenvalue weighted by Crippen LogP contribution is -2.47. The van der Waals surface area contributed by atoms with Crippen LogP contribution in [-0.4, -0.2) is 50.7 Å². The number of carbonyl (C=O) groups is 2. The molecule has 1 saturated heterocycles. The smallest absolute Gasteiger partial charge is 0.243 e. The molecule has 1 saturated carbocycles. The van der Waals surface area contributed by atoms with E-state index >= 15 is 0 Å². The number of sulfonamides is 1. The number of rotatable bonds is 4. The fourth-order valence-corrected chi connectivity index (χ4v) is 6.95. The van der Waals surface area contributed by atoms with Crippen molar-refractivity contribution in [2.24, 2.45) is 11.8 Å². The third-order valence-electron chi connectivity index (χ3n) is 7.74. The fourth-order valence-electron chi connectivity index (χ4n) is 5.45. The summed E-state index contributed by atoms with van der Waals surface area (Å²) in [6, 6.07) is 5.20. The molecular formula is C24H35N3O4S. The van der Waals surface area contributed by atoms with Gasteiger partial charge < -0.3 is 10.2 Å². The number of hydrogen-bond acceptors (Lipinski definition) is 4. The minimum absolute atomic E-state index is 0.0406. The molecule has 0 spiro atoms. The Morgan fingerprint density at radius 1 is 1.09 bits per heavy atom. The van der Waals surface area contributed by atoms with Gasteiger partial charge in [0.25, 0.3) is 0 Å². The van der Waals surface area contributed by atoms with E-state index in [1.807, 2.05) is 13.8 Å². The van der Waals surface area contributed by atoms with Gasteiger partial charge in [0, 0.05) is 37.8 Å². The number of carbonyl (C=O) groups excluding carboxylic acids is 2. The molecule has 1 aromatic carbocycles. The number of likely N-dealkylation sites (N-methyl/N-ethyl adjacent to an activating group) is 1. The van der Waals surface area contributed by atoms with E-state index in [4.69, 9.17) is 0 Å². The molecule has 2 aliphatic heterocycles. The van der Waals surface area contributed by atoms with Crippen molar-refractivity contribution >= 4 is 27.5 Å². The highest BCUT2D eigenvalue weighted by molar-refractivity contribution is 7.89. The molecule has 2 amide bonds. The zero-order valence-corrected chi connectivity index (χ0v) is 20.4. The lowest BCUT2D eigenvalue weighted by Gasteiger charge is -2.34. The van der Waals surface area contributed by atoms with Gasteiger partial charge >= 0.3 is 0 Å². The van der Waals surface area contributed by atoms with Crippen molar-refractivity contribution in [3.8, 4) is 0 Å². The lowest BCUT2D eigenvalue weighted by atomic mass is 9.85. The Balaban J connectivity index is 1.43. The second-order valence-electron chi connectivity index (χ2n) is 10.2. The zero-order chi connectivity index (χ0) is 23.3. The molecule has 32 heavy (non-hydrogen) atoms. The van der Waals surface area contributed by atoms with E-state index in [2.05, 4.69) is 12.2 Å². The van der Waals surface area contributed by atoms with E-state index in [0.717, 1.165) is 30.5 Å². The van der Waals surface area contributed by atoms with E-state index in [0.29, 0.717) is 31.8 Å². The predicted octanol–water partition coefficient (Wildman–Crippen LogP) is 3.04. The molecule has 0 unspecified atom stereocenters. The highest BCUT2D eigenvalue weighted by atomic mass is 32.2. The molecule has 1 N–H and O–H groups in total. The Morgan fingerprint density at radius 2 is 1.75 bits per heavy atom. The molecule has 7 nitrogen and oxygen atoms in total. The number of fused-ring (bicyclic) bond motifs is 1. The van der Waals surface area contributed by atoms with Crippen LogP contribution in [0.5, 0.6) is 0 Å². The Labute approximate surface area is 191 Å². The minimum atomic E-state index is -3.68. The lowest BCUT2D eigenvalue weighted by molar-refractivity contribution is -0.127. The van der Waals surface area contributed by atoms with Gasteiger partial charge in [0.05, 0.1) is 10.3 Å².